The van der Waals surface area contributed by atoms with Crippen molar-refractivity contribution in [3.63, 3.8) is 0 Å². The third kappa shape index (κ3) is 4.33. The highest BCUT2D eigenvalue weighted by atomic mass is 35.5. The lowest BCUT2D eigenvalue weighted by Crippen LogP contribution is -2.25. The van der Waals surface area contributed by atoms with Crippen molar-refractivity contribution in [2.24, 2.45) is 0 Å². The first-order valence-electron chi connectivity index (χ1n) is 5.51. The summed E-state index contributed by atoms with van der Waals surface area (Å²) in [5.41, 5.74) is 1.09. The number of nitrogens with one attached hydrogen (secondary N) is 1. The number of ether oxygens (including phenoxy) is 1. The summed E-state index contributed by atoms with van der Waals surface area (Å²) in [5.74, 6) is -0.586. The number of aromatic nitrogens is 1. The van der Waals surface area contributed by atoms with Crippen molar-refractivity contribution in [3.8, 4) is 0 Å². The maximum absolute atomic E-state index is 11.7. The molecule has 0 saturated carbocycles. The molecule has 1 N–H and O–H groups in total. The highest BCUT2D eigenvalue weighted by Crippen LogP contribution is 2.15. The van der Waals surface area contributed by atoms with Crippen molar-refractivity contribution in [1.29, 1.82) is 0 Å². The van der Waals surface area contributed by atoms with E-state index in [1.54, 1.807) is 13.0 Å². The van der Waals surface area contributed by atoms with E-state index in [-0.39, 0.29) is 18.3 Å². The van der Waals surface area contributed by atoms with Crippen molar-refractivity contribution in [1.82, 2.24) is 10.3 Å². The van der Waals surface area contributed by atoms with Crippen molar-refractivity contribution in [3.05, 3.63) is 28.5 Å². The fourth-order valence-corrected chi connectivity index (χ4v) is 1.62. The number of esters is 1. The molecule has 0 aliphatic carbocycles. The predicted octanol–water partition coefficient (Wildman–Crippen LogP) is 1.73. The lowest BCUT2D eigenvalue weighted by atomic mass is 10.2. The topological polar surface area (TPSA) is 68.3 Å². The number of hydrogen-bond acceptors (Lipinski definition) is 4. The van der Waals surface area contributed by atoms with Gasteiger partial charge in [-0.2, -0.15) is 0 Å². The van der Waals surface area contributed by atoms with Crippen LogP contribution in [0.2, 0.25) is 5.02 Å². The summed E-state index contributed by atoms with van der Waals surface area (Å²) in [6.45, 7) is 2.18. The van der Waals surface area contributed by atoms with Crippen LogP contribution < -0.4 is 5.32 Å². The van der Waals surface area contributed by atoms with E-state index in [2.05, 4.69) is 15.0 Å². The molecular weight excluding hydrogens is 256 g/mol. The van der Waals surface area contributed by atoms with Crippen LogP contribution in [0.25, 0.3) is 0 Å². The van der Waals surface area contributed by atoms with Crippen LogP contribution >= 0.6 is 11.6 Å². The molecule has 1 aromatic heterocycles. The Balaban J connectivity index is 2.43. The molecule has 0 fully saturated rings. The van der Waals surface area contributed by atoms with Gasteiger partial charge in [-0.15, -0.1) is 0 Å². The van der Waals surface area contributed by atoms with E-state index < -0.39 is 0 Å². The number of methoxy groups -OCH3 is 1. The lowest BCUT2D eigenvalue weighted by Gasteiger charge is -2.06. The molecule has 0 spiro atoms. The van der Waals surface area contributed by atoms with Crippen LogP contribution in [0.4, 0.5) is 0 Å². The molecule has 0 aliphatic heterocycles. The number of halogens is 1. The second-order valence-corrected chi connectivity index (χ2v) is 4.15. The van der Waals surface area contributed by atoms with Gasteiger partial charge in [0.25, 0.3) is 5.91 Å². The van der Waals surface area contributed by atoms with Crippen LogP contribution in [0.15, 0.2) is 12.3 Å². The number of carbonyl (C=O) groups excluding carboxylic acids is 2. The summed E-state index contributed by atoms with van der Waals surface area (Å²) in [4.78, 5) is 26.6. The van der Waals surface area contributed by atoms with E-state index in [1.807, 2.05) is 0 Å². The predicted molar refractivity (Wildman–Crippen MR) is 67.6 cm³/mol. The molecular formula is C12H15ClN2O3. The van der Waals surface area contributed by atoms with Crippen LogP contribution in [0.3, 0.4) is 0 Å². The molecule has 0 aliphatic rings. The standard InChI is InChI=1S/C12H15ClN2O3/c1-8-6-10(13)9(7-15-8)12(17)14-5-3-4-11(16)18-2/h6-7H,3-5H2,1-2H3,(H,14,17). The molecule has 98 valence electrons. The molecule has 0 bridgehead atoms. The minimum absolute atomic E-state index is 0.274. The van der Waals surface area contributed by atoms with E-state index in [0.717, 1.165) is 5.69 Å². The number of amides is 1. The van der Waals surface area contributed by atoms with Gasteiger partial charge in [0.15, 0.2) is 0 Å². The van der Waals surface area contributed by atoms with E-state index in [9.17, 15) is 9.59 Å². The number of pyridine rings is 1. The minimum Gasteiger partial charge on any atom is -0.469 e. The van der Waals surface area contributed by atoms with Gasteiger partial charge < -0.3 is 10.1 Å². The Kier molecular flexibility index (Phi) is 5.58. The van der Waals surface area contributed by atoms with Gasteiger partial charge >= 0.3 is 5.97 Å². The summed E-state index contributed by atoms with van der Waals surface area (Å²) in [5, 5.41) is 3.04. The molecule has 0 atom stereocenters. The van der Waals surface area contributed by atoms with Crippen molar-refractivity contribution < 1.29 is 14.3 Å². The summed E-state index contributed by atoms with van der Waals surface area (Å²) in [6.07, 6.45) is 2.24. The molecule has 0 saturated heterocycles. The van der Waals surface area contributed by atoms with Crippen molar-refractivity contribution in [2.45, 2.75) is 19.8 Å². The fraction of sp³-hybridized carbons (Fsp3) is 0.417. The largest absolute Gasteiger partial charge is 0.469 e. The number of nitrogens with zero attached hydrogens (tertiary/aromatic N) is 1. The third-order valence-corrected chi connectivity index (χ3v) is 2.62. The van der Waals surface area contributed by atoms with Gasteiger partial charge in [0.1, 0.15) is 0 Å². The zero-order valence-corrected chi connectivity index (χ0v) is 11.1. The number of hydrogen-bond donors (Lipinski definition) is 1. The highest BCUT2D eigenvalue weighted by Gasteiger charge is 2.10. The molecule has 0 radical (unpaired) electrons. The monoisotopic (exact) mass is 270 g/mol. The molecule has 0 unspecified atom stereocenters. The summed E-state index contributed by atoms with van der Waals surface area (Å²) >= 11 is 5.94. The average Bonchev–Trinajstić information content (AvgIpc) is 2.34. The van der Waals surface area contributed by atoms with Gasteiger partial charge in [-0.05, 0) is 19.4 Å². The van der Waals surface area contributed by atoms with Crippen LogP contribution in [-0.4, -0.2) is 30.5 Å². The van der Waals surface area contributed by atoms with Gasteiger partial charge in [0.05, 0.1) is 17.7 Å². The van der Waals surface area contributed by atoms with E-state index in [1.165, 1.54) is 13.3 Å². The van der Waals surface area contributed by atoms with Crippen LogP contribution in [-0.2, 0) is 9.53 Å². The van der Waals surface area contributed by atoms with Gasteiger partial charge in [0, 0.05) is 24.9 Å². The van der Waals surface area contributed by atoms with Crippen LogP contribution in [0.1, 0.15) is 28.9 Å². The second-order valence-electron chi connectivity index (χ2n) is 3.74. The smallest absolute Gasteiger partial charge is 0.305 e. The van der Waals surface area contributed by atoms with E-state index >= 15 is 0 Å². The maximum atomic E-state index is 11.7. The van der Waals surface area contributed by atoms with E-state index in [0.29, 0.717) is 23.6 Å². The molecule has 1 amide bonds. The number of rotatable bonds is 5. The van der Waals surface area contributed by atoms with Crippen molar-refractivity contribution in [2.75, 3.05) is 13.7 Å². The molecule has 18 heavy (non-hydrogen) atoms. The lowest BCUT2D eigenvalue weighted by molar-refractivity contribution is -0.140. The third-order valence-electron chi connectivity index (χ3n) is 2.31. The Morgan fingerprint density at radius 3 is 2.83 bits per heavy atom. The normalized spacial score (nSPS) is 9.94. The molecule has 0 aromatic carbocycles. The fourth-order valence-electron chi connectivity index (χ4n) is 1.33. The van der Waals surface area contributed by atoms with Gasteiger partial charge in [-0.1, -0.05) is 11.6 Å². The average molecular weight is 271 g/mol. The first-order valence-corrected chi connectivity index (χ1v) is 5.89. The number of aryl methyl sites for hydroxylation is 1. The summed E-state index contributed by atoms with van der Waals surface area (Å²) < 4.78 is 4.49. The van der Waals surface area contributed by atoms with Crippen LogP contribution in [0.5, 0.6) is 0 Å². The Morgan fingerprint density at radius 2 is 2.22 bits per heavy atom. The first kappa shape index (κ1) is 14.4. The number of carbonyl (C=O) groups is 2. The minimum atomic E-state index is -0.294. The first-order chi connectivity index (χ1) is 8.54. The highest BCUT2D eigenvalue weighted by molar-refractivity contribution is 6.33. The molecule has 1 heterocycles. The quantitative estimate of drug-likeness (QED) is 0.653. The second kappa shape index (κ2) is 6.96. The summed E-state index contributed by atoms with van der Waals surface area (Å²) in [7, 11) is 1.33. The van der Waals surface area contributed by atoms with Crippen molar-refractivity contribution >= 4 is 23.5 Å². The Bertz CT molecular complexity index is 449. The SMILES string of the molecule is COC(=O)CCCNC(=O)c1cnc(C)cc1Cl. The summed E-state index contributed by atoms with van der Waals surface area (Å²) in [6, 6.07) is 1.63. The molecule has 1 aromatic rings. The van der Waals surface area contributed by atoms with Gasteiger partial charge in [0.2, 0.25) is 0 Å². The Hall–Kier alpha value is -1.62. The Morgan fingerprint density at radius 1 is 1.50 bits per heavy atom. The van der Waals surface area contributed by atoms with Gasteiger partial charge in [-0.25, -0.2) is 0 Å². The Labute approximate surface area is 110 Å². The molecule has 1 rings (SSSR count). The zero-order chi connectivity index (χ0) is 13.5. The van der Waals surface area contributed by atoms with Crippen LogP contribution in [0, 0.1) is 6.92 Å². The molecule has 6 heteroatoms. The maximum Gasteiger partial charge on any atom is 0.305 e. The van der Waals surface area contributed by atoms with E-state index in [4.69, 9.17) is 11.6 Å². The van der Waals surface area contributed by atoms with Gasteiger partial charge in [-0.3, -0.25) is 14.6 Å². The molecule has 5 nitrogen and oxygen atoms in total. The zero-order valence-electron chi connectivity index (χ0n) is 10.3.